The minimum absolute atomic E-state index is 0.0393. The molecule has 1 aliphatic rings. The number of carbonyl (C=O) groups is 1. The predicted octanol–water partition coefficient (Wildman–Crippen LogP) is 0.630. The van der Waals surface area contributed by atoms with E-state index in [9.17, 15) is 4.79 Å². The Labute approximate surface area is 113 Å². The second-order valence-corrected chi connectivity index (χ2v) is 4.61. The average molecular weight is 260 g/mol. The van der Waals surface area contributed by atoms with Gasteiger partial charge in [0.15, 0.2) is 5.96 Å². The largest absolute Gasteiger partial charge is 0.354 e. The van der Waals surface area contributed by atoms with Crippen molar-refractivity contribution in [2.24, 2.45) is 4.99 Å². The molecule has 5 nitrogen and oxygen atoms in total. The third-order valence-electron chi connectivity index (χ3n) is 2.89. The molecule has 1 aromatic carbocycles. The van der Waals surface area contributed by atoms with Gasteiger partial charge in [-0.15, -0.1) is 0 Å². The molecule has 102 valence electrons. The minimum atomic E-state index is -0.0393. The number of rotatable bonds is 5. The van der Waals surface area contributed by atoms with Crippen LogP contribution in [-0.2, 0) is 11.3 Å². The molecule has 1 saturated carbocycles. The number of nitrogens with zero attached hydrogens (tertiary/aromatic N) is 1. The van der Waals surface area contributed by atoms with Crippen molar-refractivity contribution in [1.82, 2.24) is 16.0 Å². The zero-order valence-corrected chi connectivity index (χ0v) is 11.1. The Hall–Kier alpha value is -2.04. The van der Waals surface area contributed by atoms with E-state index in [4.69, 9.17) is 0 Å². The molecule has 19 heavy (non-hydrogen) atoms. The molecule has 0 atom stereocenters. The van der Waals surface area contributed by atoms with Crippen molar-refractivity contribution in [2.75, 3.05) is 13.6 Å². The van der Waals surface area contributed by atoms with E-state index in [2.05, 4.69) is 20.9 Å². The molecular weight excluding hydrogens is 240 g/mol. The van der Waals surface area contributed by atoms with Gasteiger partial charge in [-0.3, -0.25) is 9.79 Å². The highest BCUT2D eigenvalue weighted by Gasteiger charge is 2.22. The molecule has 0 aliphatic heterocycles. The van der Waals surface area contributed by atoms with Gasteiger partial charge in [-0.25, -0.2) is 0 Å². The predicted molar refractivity (Wildman–Crippen MR) is 75.8 cm³/mol. The Morgan fingerprint density at radius 3 is 2.63 bits per heavy atom. The number of hydrogen-bond donors (Lipinski definition) is 3. The fourth-order valence-electron chi connectivity index (χ4n) is 1.64. The zero-order valence-electron chi connectivity index (χ0n) is 11.1. The molecule has 0 radical (unpaired) electrons. The first kappa shape index (κ1) is 13.4. The fraction of sp³-hybridized carbons (Fsp3) is 0.429. The number of nitrogens with one attached hydrogen (secondary N) is 3. The highest BCUT2D eigenvalue weighted by atomic mass is 16.1. The third kappa shape index (κ3) is 4.99. The topological polar surface area (TPSA) is 65.5 Å². The van der Waals surface area contributed by atoms with Crippen LogP contribution in [0.15, 0.2) is 35.3 Å². The molecule has 3 N–H and O–H groups in total. The number of hydrogen-bond acceptors (Lipinski definition) is 2. The van der Waals surface area contributed by atoms with Crippen LogP contribution in [0, 0.1) is 0 Å². The van der Waals surface area contributed by atoms with Crippen molar-refractivity contribution in [3.8, 4) is 0 Å². The maximum absolute atomic E-state index is 11.7. The molecule has 1 aromatic rings. The van der Waals surface area contributed by atoms with Crippen molar-refractivity contribution >= 4 is 11.9 Å². The van der Waals surface area contributed by atoms with Gasteiger partial charge in [-0.05, 0) is 18.4 Å². The van der Waals surface area contributed by atoms with Crippen LogP contribution in [0.25, 0.3) is 0 Å². The van der Waals surface area contributed by atoms with Crippen LogP contribution < -0.4 is 16.0 Å². The summed E-state index contributed by atoms with van der Waals surface area (Å²) in [6.07, 6.45) is 2.36. The van der Waals surface area contributed by atoms with Crippen LogP contribution in [0.2, 0.25) is 0 Å². The molecular formula is C14H20N4O. The summed E-state index contributed by atoms with van der Waals surface area (Å²) >= 11 is 0. The third-order valence-corrected chi connectivity index (χ3v) is 2.89. The summed E-state index contributed by atoms with van der Waals surface area (Å²) in [4.78, 5) is 15.8. The van der Waals surface area contributed by atoms with Gasteiger partial charge in [0.2, 0.25) is 5.91 Å². The molecule has 5 heteroatoms. The van der Waals surface area contributed by atoms with Gasteiger partial charge in [0.25, 0.3) is 0 Å². The van der Waals surface area contributed by atoms with Crippen LogP contribution in [0.4, 0.5) is 0 Å². The standard InChI is InChI=1S/C14H20N4O/c1-15-14(18-12-7-8-12)17-10-13(19)16-9-11-5-3-2-4-6-11/h2-6,12H,7-10H2,1H3,(H,16,19)(H2,15,17,18). The van der Waals surface area contributed by atoms with Crippen LogP contribution in [0.3, 0.4) is 0 Å². The minimum Gasteiger partial charge on any atom is -0.354 e. The Bertz CT molecular complexity index is 440. The normalized spacial score (nSPS) is 14.9. The van der Waals surface area contributed by atoms with E-state index in [1.54, 1.807) is 7.05 Å². The summed E-state index contributed by atoms with van der Waals surface area (Å²) in [6, 6.07) is 10.4. The maximum atomic E-state index is 11.7. The van der Waals surface area contributed by atoms with Crippen molar-refractivity contribution < 1.29 is 4.79 Å². The molecule has 0 aromatic heterocycles. The Morgan fingerprint density at radius 2 is 2.00 bits per heavy atom. The van der Waals surface area contributed by atoms with E-state index < -0.39 is 0 Å². The summed E-state index contributed by atoms with van der Waals surface area (Å²) in [6.45, 7) is 0.787. The van der Waals surface area contributed by atoms with E-state index in [0.717, 1.165) is 5.56 Å². The molecule has 2 rings (SSSR count). The van der Waals surface area contributed by atoms with Crippen molar-refractivity contribution in [2.45, 2.75) is 25.4 Å². The second kappa shape index (κ2) is 6.78. The van der Waals surface area contributed by atoms with Crippen LogP contribution in [-0.4, -0.2) is 31.5 Å². The van der Waals surface area contributed by atoms with Gasteiger partial charge in [0, 0.05) is 19.6 Å². The summed E-state index contributed by atoms with van der Waals surface area (Å²) in [7, 11) is 1.71. The first-order valence-corrected chi connectivity index (χ1v) is 6.56. The average Bonchev–Trinajstić information content (AvgIpc) is 3.26. The lowest BCUT2D eigenvalue weighted by atomic mass is 10.2. The number of carbonyl (C=O) groups excluding carboxylic acids is 1. The molecule has 1 aliphatic carbocycles. The van der Waals surface area contributed by atoms with E-state index in [1.807, 2.05) is 30.3 Å². The van der Waals surface area contributed by atoms with Crippen molar-refractivity contribution in [1.29, 1.82) is 0 Å². The number of guanidine groups is 1. The summed E-state index contributed by atoms with van der Waals surface area (Å²) in [5, 5.41) is 9.10. The zero-order chi connectivity index (χ0) is 13.5. The molecule has 0 unspecified atom stereocenters. The van der Waals surface area contributed by atoms with Gasteiger partial charge in [0.1, 0.15) is 0 Å². The lowest BCUT2D eigenvalue weighted by Gasteiger charge is -2.11. The van der Waals surface area contributed by atoms with Crippen molar-refractivity contribution in [3.63, 3.8) is 0 Å². The lowest BCUT2D eigenvalue weighted by Crippen LogP contribution is -2.43. The van der Waals surface area contributed by atoms with Gasteiger partial charge in [-0.2, -0.15) is 0 Å². The molecule has 0 saturated heterocycles. The first-order chi connectivity index (χ1) is 9.28. The van der Waals surface area contributed by atoms with E-state index in [0.29, 0.717) is 18.5 Å². The van der Waals surface area contributed by atoms with E-state index in [1.165, 1.54) is 12.8 Å². The summed E-state index contributed by atoms with van der Waals surface area (Å²) < 4.78 is 0. The molecule has 1 amide bonds. The second-order valence-electron chi connectivity index (χ2n) is 4.61. The summed E-state index contributed by atoms with van der Waals surface area (Å²) in [5.41, 5.74) is 1.09. The Balaban J connectivity index is 1.66. The van der Waals surface area contributed by atoms with E-state index >= 15 is 0 Å². The van der Waals surface area contributed by atoms with Gasteiger partial charge >= 0.3 is 0 Å². The summed E-state index contributed by atoms with van der Waals surface area (Å²) in [5.74, 6) is 0.653. The smallest absolute Gasteiger partial charge is 0.239 e. The van der Waals surface area contributed by atoms with Gasteiger partial charge in [-0.1, -0.05) is 30.3 Å². The van der Waals surface area contributed by atoms with E-state index in [-0.39, 0.29) is 12.5 Å². The Kier molecular flexibility index (Phi) is 4.78. The fourth-order valence-corrected chi connectivity index (χ4v) is 1.64. The molecule has 0 bridgehead atoms. The van der Waals surface area contributed by atoms with Crippen LogP contribution in [0.5, 0.6) is 0 Å². The lowest BCUT2D eigenvalue weighted by molar-refractivity contribution is -0.120. The van der Waals surface area contributed by atoms with Gasteiger partial charge < -0.3 is 16.0 Å². The number of aliphatic imine (C=N–C) groups is 1. The quantitative estimate of drug-likeness (QED) is 0.537. The highest BCUT2D eigenvalue weighted by Crippen LogP contribution is 2.18. The van der Waals surface area contributed by atoms with Crippen LogP contribution in [0.1, 0.15) is 18.4 Å². The maximum Gasteiger partial charge on any atom is 0.239 e. The number of amides is 1. The van der Waals surface area contributed by atoms with Gasteiger partial charge in [0.05, 0.1) is 6.54 Å². The monoisotopic (exact) mass is 260 g/mol. The molecule has 0 spiro atoms. The van der Waals surface area contributed by atoms with Crippen LogP contribution >= 0.6 is 0 Å². The SMILES string of the molecule is CN=C(NCC(=O)NCc1ccccc1)NC1CC1. The Morgan fingerprint density at radius 1 is 1.26 bits per heavy atom. The molecule has 0 heterocycles. The number of benzene rings is 1. The first-order valence-electron chi connectivity index (χ1n) is 6.56. The molecule has 1 fully saturated rings. The highest BCUT2D eigenvalue weighted by molar-refractivity contribution is 5.86. The van der Waals surface area contributed by atoms with Crippen molar-refractivity contribution in [3.05, 3.63) is 35.9 Å².